The van der Waals surface area contributed by atoms with E-state index in [1.807, 2.05) is 0 Å². The van der Waals surface area contributed by atoms with Crippen molar-refractivity contribution in [3.8, 4) is 5.75 Å². The molecule has 0 spiro atoms. The van der Waals surface area contributed by atoms with E-state index in [0.29, 0.717) is 18.2 Å². The molecule has 0 atom stereocenters. The van der Waals surface area contributed by atoms with Crippen LogP contribution in [0.15, 0.2) is 47.4 Å². The molecule has 0 bridgehead atoms. The molecule has 3 rings (SSSR count). The summed E-state index contributed by atoms with van der Waals surface area (Å²) in [5, 5.41) is 0. The molecular weight excluding hydrogens is 557 g/mol. The molecule has 2 aromatic carbocycles. The summed E-state index contributed by atoms with van der Waals surface area (Å²) in [5.74, 6) is -1.83. The van der Waals surface area contributed by atoms with E-state index in [-0.39, 0.29) is 56.4 Å². The van der Waals surface area contributed by atoms with E-state index in [4.69, 9.17) is 4.74 Å². The summed E-state index contributed by atoms with van der Waals surface area (Å²) in [5.41, 5.74) is -3.61. The number of amides is 1. The van der Waals surface area contributed by atoms with Crippen LogP contribution in [0.2, 0.25) is 0 Å². The lowest BCUT2D eigenvalue weighted by molar-refractivity contribution is -0.142. The van der Waals surface area contributed by atoms with Crippen LogP contribution in [-0.4, -0.2) is 56.3 Å². The van der Waals surface area contributed by atoms with Crippen molar-refractivity contribution in [3.05, 3.63) is 59.4 Å². The van der Waals surface area contributed by atoms with Crippen LogP contribution in [0, 0.1) is 11.2 Å². The van der Waals surface area contributed by atoms with Crippen LogP contribution in [0.3, 0.4) is 0 Å². The van der Waals surface area contributed by atoms with E-state index in [9.17, 15) is 43.9 Å². The minimum atomic E-state index is -4.92. The summed E-state index contributed by atoms with van der Waals surface area (Å²) >= 11 is 0. The zero-order valence-electron chi connectivity index (χ0n) is 21.1. The largest absolute Gasteiger partial charge is 0.493 e. The van der Waals surface area contributed by atoms with Gasteiger partial charge in [-0.3, -0.25) is 4.79 Å². The van der Waals surface area contributed by atoms with Gasteiger partial charge in [-0.05, 0) is 55.3 Å². The third kappa shape index (κ3) is 7.41. The molecule has 6 nitrogen and oxygen atoms in total. The van der Waals surface area contributed by atoms with Gasteiger partial charge in [0.1, 0.15) is 11.6 Å². The summed E-state index contributed by atoms with van der Waals surface area (Å²) in [7, 11) is -3.87. The number of nitrogens with zero attached hydrogens (tertiary/aromatic N) is 2. The van der Waals surface area contributed by atoms with Crippen LogP contribution in [0.5, 0.6) is 5.75 Å². The van der Waals surface area contributed by atoms with E-state index in [2.05, 4.69) is 0 Å². The van der Waals surface area contributed by atoms with E-state index in [1.54, 1.807) is 13.8 Å². The fourth-order valence-electron chi connectivity index (χ4n) is 4.17. The number of hydrogen-bond donors (Lipinski definition) is 0. The first-order valence-electron chi connectivity index (χ1n) is 11.9. The van der Waals surface area contributed by atoms with Crippen LogP contribution < -0.4 is 4.74 Å². The first-order valence-corrected chi connectivity index (χ1v) is 13.3. The van der Waals surface area contributed by atoms with Crippen LogP contribution in [-0.2, 0) is 27.2 Å². The minimum absolute atomic E-state index is 0.0143. The Labute approximate surface area is 221 Å². The quantitative estimate of drug-likeness (QED) is 0.300. The average molecular weight is 585 g/mol. The second-order valence-corrected chi connectivity index (χ2v) is 11.6. The second-order valence-electron chi connectivity index (χ2n) is 9.69. The third-order valence-corrected chi connectivity index (χ3v) is 8.29. The van der Waals surface area contributed by atoms with Gasteiger partial charge in [-0.25, -0.2) is 12.8 Å². The average Bonchev–Trinajstić information content (AvgIpc) is 2.85. The SMILES string of the molecule is CC(C)(CCCOc1cc(C(F)(F)F)ccc1C(F)(F)F)C(=O)N1CCN(S(=O)(=O)c2ccc(F)cc2)CC1. The summed E-state index contributed by atoms with van der Waals surface area (Å²) < 4.78 is 124. The van der Waals surface area contributed by atoms with Crippen LogP contribution in [0.4, 0.5) is 30.7 Å². The Bertz CT molecular complexity index is 1270. The molecule has 39 heavy (non-hydrogen) atoms. The lowest BCUT2D eigenvalue weighted by Gasteiger charge is -2.38. The number of ether oxygens (including phenoxy) is 1. The Kier molecular flexibility index (Phi) is 8.90. The molecule has 1 aliphatic rings. The number of carbonyl (C=O) groups is 1. The van der Waals surface area contributed by atoms with Gasteiger partial charge in [-0.2, -0.15) is 30.6 Å². The maximum Gasteiger partial charge on any atom is 0.419 e. The highest BCUT2D eigenvalue weighted by Crippen LogP contribution is 2.40. The maximum atomic E-state index is 13.2. The van der Waals surface area contributed by atoms with Gasteiger partial charge in [0.05, 0.1) is 22.6 Å². The Morgan fingerprint density at radius 2 is 1.49 bits per heavy atom. The predicted molar refractivity (Wildman–Crippen MR) is 127 cm³/mol. The van der Waals surface area contributed by atoms with E-state index >= 15 is 0 Å². The fraction of sp³-hybridized carbons (Fsp3) is 0.480. The third-order valence-electron chi connectivity index (χ3n) is 6.37. The molecular formula is C25H27F7N2O4S. The molecule has 0 saturated carbocycles. The number of alkyl halides is 6. The number of rotatable bonds is 8. The molecule has 0 N–H and O–H groups in total. The van der Waals surface area contributed by atoms with Crippen LogP contribution >= 0.6 is 0 Å². The van der Waals surface area contributed by atoms with Crippen molar-refractivity contribution in [2.75, 3.05) is 32.8 Å². The smallest absolute Gasteiger partial charge is 0.419 e. The fourth-order valence-corrected chi connectivity index (χ4v) is 5.59. The number of halogens is 7. The van der Waals surface area contributed by atoms with Gasteiger partial charge < -0.3 is 9.64 Å². The van der Waals surface area contributed by atoms with Gasteiger partial charge in [0.15, 0.2) is 0 Å². The molecule has 0 aliphatic carbocycles. The first-order chi connectivity index (χ1) is 17.9. The number of piperazine rings is 1. The van der Waals surface area contributed by atoms with Crippen molar-refractivity contribution < 1.29 is 48.7 Å². The van der Waals surface area contributed by atoms with Gasteiger partial charge in [-0.15, -0.1) is 0 Å². The van der Waals surface area contributed by atoms with Gasteiger partial charge in [-0.1, -0.05) is 13.8 Å². The molecule has 1 saturated heterocycles. The van der Waals surface area contributed by atoms with Gasteiger partial charge in [0.25, 0.3) is 0 Å². The number of benzene rings is 2. The molecule has 14 heteroatoms. The standard InChI is InChI=1S/C25H27F7N2O4S/c1-23(2,10-3-15-38-21-16-17(24(27,28)29)4-9-20(21)25(30,31)32)22(35)33-11-13-34(14-12-33)39(36,37)19-7-5-18(26)6-8-19/h4-9,16H,3,10-15H2,1-2H3. The van der Waals surface area contributed by atoms with E-state index in [0.717, 1.165) is 24.3 Å². The number of hydrogen-bond acceptors (Lipinski definition) is 4. The van der Waals surface area contributed by atoms with E-state index < -0.39 is 50.5 Å². The zero-order valence-corrected chi connectivity index (χ0v) is 21.9. The monoisotopic (exact) mass is 584 g/mol. The number of sulfonamides is 1. The molecule has 0 radical (unpaired) electrons. The molecule has 0 aromatic heterocycles. The lowest BCUT2D eigenvalue weighted by Crippen LogP contribution is -2.53. The first kappa shape index (κ1) is 30.7. The van der Waals surface area contributed by atoms with Crippen molar-refractivity contribution in [1.82, 2.24) is 9.21 Å². The van der Waals surface area contributed by atoms with Crippen LogP contribution in [0.25, 0.3) is 0 Å². The maximum absolute atomic E-state index is 13.2. The molecule has 0 unspecified atom stereocenters. The van der Waals surface area contributed by atoms with E-state index in [1.165, 1.54) is 9.21 Å². The van der Waals surface area contributed by atoms with Crippen molar-refractivity contribution in [2.45, 2.75) is 43.9 Å². The summed E-state index contributed by atoms with van der Waals surface area (Å²) in [6.07, 6.45) is -9.54. The molecule has 1 fully saturated rings. The lowest BCUT2D eigenvalue weighted by atomic mass is 9.86. The highest BCUT2D eigenvalue weighted by molar-refractivity contribution is 7.89. The van der Waals surface area contributed by atoms with Crippen molar-refractivity contribution in [1.29, 1.82) is 0 Å². The van der Waals surface area contributed by atoms with Crippen LogP contribution in [0.1, 0.15) is 37.8 Å². The predicted octanol–water partition coefficient (Wildman–Crippen LogP) is 5.58. The number of carbonyl (C=O) groups excluding carboxylic acids is 1. The Balaban J connectivity index is 1.57. The zero-order chi connectivity index (χ0) is 29.2. The molecule has 1 heterocycles. The van der Waals surface area contributed by atoms with Crippen molar-refractivity contribution in [3.63, 3.8) is 0 Å². The molecule has 1 amide bonds. The Morgan fingerprint density at radius 1 is 0.897 bits per heavy atom. The Hall–Kier alpha value is -2.87. The van der Waals surface area contributed by atoms with Gasteiger partial charge in [0.2, 0.25) is 15.9 Å². The topological polar surface area (TPSA) is 66.9 Å². The Morgan fingerprint density at radius 3 is 2.03 bits per heavy atom. The van der Waals surface area contributed by atoms with Crippen molar-refractivity contribution in [2.24, 2.45) is 5.41 Å². The van der Waals surface area contributed by atoms with Gasteiger partial charge >= 0.3 is 12.4 Å². The second kappa shape index (κ2) is 11.3. The van der Waals surface area contributed by atoms with Crippen molar-refractivity contribution >= 4 is 15.9 Å². The molecule has 1 aliphatic heterocycles. The minimum Gasteiger partial charge on any atom is -0.493 e. The summed E-state index contributed by atoms with van der Waals surface area (Å²) in [4.78, 5) is 14.5. The summed E-state index contributed by atoms with van der Waals surface area (Å²) in [6.45, 7) is 3.09. The molecule has 2 aromatic rings. The highest BCUT2D eigenvalue weighted by atomic mass is 32.2. The normalized spacial score (nSPS) is 15.9. The van der Waals surface area contributed by atoms with Gasteiger partial charge in [0, 0.05) is 31.6 Å². The summed E-state index contributed by atoms with van der Waals surface area (Å²) in [6, 6.07) is 5.35. The molecule has 216 valence electrons. The highest BCUT2D eigenvalue weighted by Gasteiger charge is 2.39.